The van der Waals surface area contributed by atoms with Gasteiger partial charge in [0.2, 0.25) is 15.9 Å². The van der Waals surface area contributed by atoms with Gasteiger partial charge in [-0.15, -0.1) is 11.3 Å². The van der Waals surface area contributed by atoms with Crippen molar-refractivity contribution in [2.45, 2.75) is 38.6 Å². The van der Waals surface area contributed by atoms with Crippen LogP contribution in [0, 0.1) is 18.8 Å². The van der Waals surface area contributed by atoms with Crippen molar-refractivity contribution in [1.82, 2.24) is 18.8 Å². The Morgan fingerprint density at radius 2 is 1.77 bits per heavy atom. The van der Waals surface area contributed by atoms with Gasteiger partial charge in [0.1, 0.15) is 22.0 Å². The summed E-state index contributed by atoms with van der Waals surface area (Å²) in [6.45, 7) is 8.76. The van der Waals surface area contributed by atoms with Crippen molar-refractivity contribution in [3.8, 4) is 5.75 Å². The van der Waals surface area contributed by atoms with Gasteiger partial charge in [0, 0.05) is 44.1 Å². The number of methoxy groups -OCH3 is 1. The summed E-state index contributed by atoms with van der Waals surface area (Å²) in [5.41, 5.74) is 0.485. The summed E-state index contributed by atoms with van der Waals surface area (Å²) in [5, 5.41) is 0.0830. The lowest BCUT2D eigenvalue weighted by atomic mass is 9.94. The molecule has 2 aliphatic heterocycles. The molecule has 2 aromatic heterocycles. The zero-order chi connectivity index (χ0) is 27.9. The van der Waals surface area contributed by atoms with Gasteiger partial charge in [-0.3, -0.25) is 14.2 Å². The third-order valence-corrected chi connectivity index (χ3v) is 10.7. The van der Waals surface area contributed by atoms with E-state index in [-0.39, 0.29) is 34.6 Å². The predicted molar refractivity (Wildman–Crippen MR) is 152 cm³/mol. The Bertz CT molecular complexity index is 1530. The molecule has 2 atom stereocenters. The van der Waals surface area contributed by atoms with Crippen LogP contribution < -0.4 is 15.2 Å². The Hall–Kier alpha value is -2.96. The van der Waals surface area contributed by atoms with Gasteiger partial charge in [-0.1, -0.05) is 26.0 Å². The third-order valence-electron chi connectivity index (χ3n) is 7.60. The first kappa shape index (κ1) is 27.6. The number of benzene rings is 1. The maximum atomic E-state index is 13.8. The van der Waals surface area contributed by atoms with E-state index in [9.17, 15) is 18.0 Å². The summed E-state index contributed by atoms with van der Waals surface area (Å²) in [4.78, 5) is 36.0. The standard InChI is InChI=1S/C27H35N5O5S2/c1-18-13-19(2)15-32(14-18)39(35,36)25-20(3)38-26-24(25)27(34)31(17-28-26)16-23(33)30-11-9-29(10-12-30)21-7-5-6-8-22(21)37-4/h5-8,17-19H,9-16H2,1-4H3. The van der Waals surface area contributed by atoms with Crippen LogP contribution in [0.2, 0.25) is 0 Å². The van der Waals surface area contributed by atoms with Crippen molar-refractivity contribution in [2.24, 2.45) is 11.8 Å². The van der Waals surface area contributed by atoms with Crippen LogP contribution >= 0.6 is 11.3 Å². The van der Waals surface area contributed by atoms with Crippen molar-refractivity contribution >= 4 is 43.2 Å². The molecule has 10 nitrogen and oxygen atoms in total. The number of fused-ring (bicyclic) bond motifs is 1. The number of nitrogens with zero attached hydrogens (tertiary/aromatic N) is 5. The topological polar surface area (TPSA) is 105 Å². The number of aryl methyl sites for hydroxylation is 1. The molecule has 1 amide bonds. The number of carbonyl (C=O) groups is 1. The predicted octanol–water partition coefficient (Wildman–Crippen LogP) is 2.79. The van der Waals surface area contributed by atoms with E-state index in [0.717, 1.165) is 17.9 Å². The number of carbonyl (C=O) groups excluding carboxylic acids is 1. The van der Waals surface area contributed by atoms with Crippen molar-refractivity contribution < 1.29 is 17.9 Å². The van der Waals surface area contributed by atoms with Gasteiger partial charge in [0.15, 0.2) is 0 Å². The molecule has 0 bridgehead atoms. The molecular formula is C27H35N5O5S2. The van der Waals surface area contributed by atoms with Crippen LogP contribution in [-0.2, 0) is 21.4 Å². The fourth-order valence-electron chi connectivity index (χ4n) is 5.80. The smallest absolute Gasteiger partial charge is 0.263 e. The number of aromatic nitrogens is 2. The monoisotopic (exact) mass is 573 g/mol. The van der Waals surface area contributed by atoms with E-state index in [1.807, 2.05) is 38.1 Å². The van der Waals surface area contributed by atoms with Crippen molar-refractivity contribution in [1.29, 1.82) is 0 Å². The van der Waals surface area contributed by atoms with Crippen LogP contribution in [-0.4, -0.2) is 79.5 Å². The molecular weight excluding hydrogens is 538 g/mol. The van der Waals surface area contributed by atoms with Crippen LogP contribution in [0.25, 0.3) is 10.2 Å². The molecule has 1 aromatic carbocycles. The quantitative estimate of drug-likeness (QED) is 0.447. The van der Waals surface area contributed by atoms with Crippen LogP contribution in [0.15, 0.2) is 40.3 Å². The molecule has 39 heavy (non-hydrogen) atoms. The second-order valence-electron chi connectivity index (χ2n) is 10.7. The number of hydrogen-bond acceptors (Lipinski definition) is 8. The molecule has 0 N–H and O–H groups in total. The van der Waals surface area contributed by atoms with E-state index in [2.05, 4.69) is 9.88 Å². The van der Waals surface area contributed by atoms with Crippen molar-refractivity contribution in [2.75, 3.05) is 51.3 Å². The summed E-state index contributed by atoms with van der Waals surface area (Å²) in [5.74, 6) is 1.07. The lowest BCUT2D eigenvalue weighted by Gasteiger charge is -2.36. The summed E-state index contributed by atoms with van der Waals surface area (Å²) < 4.78 is 35.8. The van der Waals surface area contributed by atoms with Gasteiger partial charge < -0.3 is 14.5 Å². The molecule has 0 aliphatic carbocycles. The molecule has 5 rings (SSSR count). The van der Waals surface area contributed by atoms with Gasteiger partial charge in [0.05, 0.1) is 24.5 Å². The highest BCUT2D eigenvalue weighted by Crippen LogP contribution is 2.35. The number of piperazine rings is 1. The number of amides is 1. The minimum atomic E-state index is -3.89. The average Bonchev–Trinajstić information content (AvgIpc) is 3.27. The molecule has 210 valence electrons. The molecule has 3 aromatic rings. The largest absolute Gasteiger partial charge is 0.495 e. The highest BCUT2D eigenvalue weighted by atomic mass is 32.2. The number of hydrogen-bond donors (Lipinski definition) is 0. The second-order valence-corrected chi connectivity index (χ2v) is 13.7. The Kier molecular flexibility index (Phi) is 7.71. The summed E-state index contributed by atoms with van der Waals surface area (Å²) >= 11 is 1.20. The number of sulfonamides is 1. The van der Waals surface area contributed by atoms with E-state index < -0.39 is 15.6 Å². The molecule has 2 aliphatic rings. The second kappa shape index (κ2) is 10.9. The highest BCUT2D eigenvalue weighted by Gasteiger charge is 2.36. The Balaban J connectivity index is 1.36. The van der Waals surface area contributed by atoms with Crippen LogP contribution in [0.5, 0.6) is 5.75 Å². The number of ether oxygens (including phenoxy) is 1. The summed E-state index contributed by atoms with van der Waals surface area (Å²) in [6, 6.07) is 7.79. The summed E-state index contributed by atoms with van der Waals surface area (Å²) in [6.07, 6.45) is 2.32. The fraction of sp³-hybridized carbons (Fsp3) is 0.519. The van der Waals surface area contributed by atoms with E-state index in [1.165, 1.54) is 26.5 Å². The first-order chi connectivity index (χ1) is 18.6. The van der Waals surface area contributed by atoms with Crippen LogP contribution in [0.4, 0.5) is 5.69 Å². The van der Waals surface area contributed by atoms with Gasteiger partial charge >= 0.3 is 0 Å². The molecule has 4 heterocycles. The molecule has 0 saturated carbocycles. The first-order valence-electron chi connectivity index (χ1n) is 13.2. The van der Waals surface area contributed by atoms with E-state index in [4.69, 9.17) is 4.74 Å². The molecule has 12 heteroatoms. The maximum absolute atomic E-state index is 13.8. The average molecular weight is 574 g/mol. The van der Waals surface area contributed by atoms with Gasteiger partial charge in [0.25, 0.3) is 5.56 Å². The maximum Gasteiger partial charge on any atom is 0.263 e. The molecule has 2 saturated heterocycles. The Morgan fingerprint density at radius 1 is 1.10 bits per heavy atom. The van der Waals surface area contributed by atoms with Gasteiger partial charge in [-0.25, -0.2) is 13.4 Å². The van der Waals surface area contributed by atoms with Gasteiger partial charge in [-0.2, -0.15) is 4.31 Å². The lowest BCUT2D eigenvalue weighted by molar-refractivity contribution is -0.132. The van der Waals surface area contributed by atoms with Crippen LogP contribution in [0.3, 0.4) is 0 Å². The van der Waals surface area contributed by atoms with E-state index in [1.54, 1.807) is 18.9 Å². The number of para-hydroxylation sites is 2. The number of thiophene rings is 1. The Labute approximate surface area is 232 Å². The minimum Gasteiger partial charge on any atom is -0.495 e. The first-order valence-corrected chi connectivity index (χ1v) is 15.5. The minimum absolute atomic E-state index is 0.0357. The molecule has 2 unspecified atom stereocenters. The van der Waals surface area contributed by atoms with Crippen molar-refractivity contribution in [3.05, 3.63) is 45.8 Å². The highest BCUT2D eigenvalue weighted by molar-refractivity contribution is 7.89. The third kappa shape index (κ3) is 5.29. The molecule has 0 radical (unpaired) electrons. The SMILES string of the molecule is COc1ccccc1N1CCN(C(=O)Cn2cnc3sc(C)c(S(=O)(=O)N4CC(C)CC(C)C4)c3c2=O)CC1. The van der Waals surface area contributed by atoms with Crippen LogP contribution in [0.1, 0.15) is 25.1 Å². The number of rotatable bonds is 6. The molecule has 0 spiro atoms. The zero-order valence-corrected chi connectivity index (χ0v) is 24.4. The number of piperidine rings is 1. The zero-order valence-electron chi connectivity index (χ0n) is 22.8. The van der Waals surface area contributed by atoms with Gasteiger partial charge in [-0.05, 0) is 37.3 Å². The Morgan fingerprint density at radius 3 is 2.44 bits per heavy atom. The number of anilines is 1. The normalized spacial score (nSPS) is 20.9. The molecule has 2 fully saturated rings. The van der Waals surface area contributed by atoms with Crippen molar-refractivity contribution in [3.63, 3.8) is 0 Å². The van der Waals surface area contributed by atoms with E-state index >= 15 is 0 Å². The summed E-state index contributed by atoms with van der Waals surface area (Å²) in [7, 11) is -2.25. The fourth-order valence-corrected chi connectivity index (χ4v) is 9.15. The van der Waals surface area contributed by atoms with E-state index in [0.29, 0.717) is 49.0 Å². The lowest BCUT2D eigenvalue weighted by Crippen LogP contribution is -2.50.